The second kappa shape index (κ2) is 7.00. The molecule has 0 unspecified atom stereocenters. The molecule has 2 aliphatic rings. The van der Waals surface area contributed by atoms with E-state index >= 15 is 0 Å². The van der Waals surface area contributed by atoms with Crippen LogP contribution in [0.15, 0.2) is 23.1 Å². The van der Waals surface area contributed by atoms with Crippen LogP contribution in [0.4, 0.5) is 5.13 Å². The second-order valence-corrected chi connectivity index (χ2v) is 10.4. The summed E-state index contributed by atoms with van der Waals surface area (Å²) >= 11 is 1.39. The highest BCUT2D eigenvalue weighted by Gasteiger charge is 2.31. The molecule has 144 valence electrons. The number of anilines is 1. The van der Waals surface area contributed by atoms with Gasteiger partial charge in [0.25, 0.3) is 0 Å². The topological polar surface area (TPSA) is 79.4 Å². The lowest BCUT2D eigenvalue weighted by atomic mass is 9.85. The number of hydrogen-bond acceptors (Lipinski definition) is 5. The number of amides is 1. The molecule has 27 heavy (non-hydrogen) atoms. The maximum atomic E-state index is 13.0. The van der Waals surface area contributed by atoms with E-state index in [0.717, 1.165) is 41.0 Å². The highest BCUT2D eigenvalue weighted by Crippen LogP contribution is 2.33. The van der Waals surface area contributed by atoms with E-state index in [1.54, 1.807) is 12.1 Å². The molecule has 0 radical (unpaired) electrons. The predicted octanol–water partition coefficient (Wildman–Crippen LogP) is 3.25. The van der Waals surface area contributed by atoms with Crippen molar-refractivity contribution in [3.8, 4) is 0 Å². The average molecular weight is 406 g/mol. The first-order valence-electron chi connectivity index (χ1n) is 9.21. The first-order chi connectivity index (χ1) is 12.8. The third kappa shape index (κ3) is 3.53. The number of thiazole rings is 1. The fourth-order valence-electron chi connectivity index (χ4n) is 3.33. The minimum absolute atomic E-state index is 0.0342. The van der Waals surface area contributed by atoms with Crippen molar-refractivity contribution in [1.82, 2.24) is 9.29 Å². The average Bonchev–Trinajstić information content (AvgIpc) is 2.96. The monoisotopic (exact) mass is 405 g/mol. The molecule has 0 spiro atoms. The molecule has 0 atom stereocenters. The standard InChI is InChI=1S/C19H23N3O3S2/c1-12-6-7-15(10-13(12)2)27(24,25)22-9-8-16-17(11-22)26-19(20-16)21-18(23)14-4-3-5-14/h6-7,10,14H,3-5,8-9,11H2,1-2H3,(H,20,21,23). The molecule has 0 saturated heterocycles. The smallest absolute Gasteiger partial charge is 0.243 e. The third-order valence-corrected chi connectivity index (χ3v) is 8.36. The number of benzene rings is 1. The zero-order chi connectivity index (χ0) is 19.2. The summed E-state index contributed by atoms with van der Waals surface area (Å²) in [6, 6.07) is 5.25. The highest BCUT2D eigenvalue weighted by atomic mass is 32.2. The van der Waals surface area contributed by atoms with Crippen LogP contribution in [0, 0.1) is 19.8 Å². The Morgan fingerprint density at radius 2 is 2.04 bits per heavy atom. The van der Waals surface area contributed by atoms with Gasteiger partial charge in [0.15, 0.2) is 5.13 Å². The third-order valence-electron chi connectivity index (χ3n) is 5.52. The van der Waals surface area contributed by atoms with Crippen molar-refractivity contribution < 1.29 is 13.2 Å². The van der Waals surface area contributed by atoms with Gasteiger partial charge in [-0.15, -0.1) is 11.3 Å². The van der Waals surface area contributed by atoms with Crippen LogP contribution in [0.2, 0.25) is 0 Å². The van der Waals surface area contributed by atoms with Gasteiger partial charge < -0.3 is 5.32 Å². The molecule has 1 aromatic heterocycles. The Bertz CT molecular complexity index is 994. The predicted molar refractivity (Wildman–Crippen MR) is 105 cm³/mol. The van der Waals surface area contributed by atoms with Gasteiger partial charge in [-0.25, -0.2) is 13.4 Å². The van der Waals surface area contributed by atoms with E-state index in [1.807, 2.05) is 19.9 Å². The quantitative estimate of drug-likeness (QED) is 0.847. The fourth-order valence-corrected chi connectivity index (χ4v) is 5.94. The van der Waals surface area contributed by atoms with E-state index in [1.165, 1.54) is 15.6 Å². The zero-order valence-electron chi connectivity index (χ0n) is 15.5. The summed E-state index contributed by atoms with van der Waals surface area (Å²) in [6.07, 6.45) is 3.56. The Morgan fingerprint density at radius 3 is 2.70 bits per heavy atom. The maximum absolute atomic E-state index is 13.0. The minimum atomic E-state index is -3.54. The number of nitrogens with zero attached hydrogens (tertiary/aromatic N) is 2. The van der Waals surface area contributed by atoms with Crippen LogP contribution >= 0.6 is 11.3 Å². The lowest BCUT2D eigenvalue weighted by molar-refractivity contribution is -0.122. The number of carbonyl (C=O) groups excluding carboxylic acids is 1. The molecule has 1 amide bonds. The van der Waals surface area contributed by atoms with Gasteiger partial charge in [-0.05, 0) is 49.9 Å². The number of fused-ring (bicyclic) bond motifs is 1. The lowest BCUT2D eigenvalue weighted by Crippen LogP contribution is -2.35. The zero-order valence-corrected chi connectivity index (χ0v) is 17.1. The molecule has 1 fully saturated rings. The minimum Gasteiger partial charge on any atom is -0.302 e. The fraction of sp³-hybridized carbons (Fsp3) is 0.474. The number of sulfonamides is 1. The van der Waals surface area contributed by atoms with Crippen LogP contribution in [0.3, 0.4) is 0 Å². The molecule has 1 N–H and O–H groups in total. The molecule has 1 aliphatic carbocycles. The lowest BCUT2D eigenvalue weighted by Gasteiger charge is -2.25. The van der Waals surface area contributed by atoms with Gasteiger partial charge in [0, 0.05) is 23.8 Å². The van der Waals surface area contributed by atoms with Crippen molar-refractivity contribution in [3.05, 3.63) is 39.9 Å². The van der Waals surface area contributed by atoms with E-state index in [0.29, 0.717) is 29.5 Å². The van der Waals surface area contributed by atoms with Gasteiger partial charge in [0.1, 0.15) is 0 Å². The summed E-state index contributed by atoms with van der Waals surface area (Å²) in [5, 5.41) is 3.49. The van der Waals surface area contributed by atoms with Crippen molar-refractivity contribution in [2.75, 3.05) is 11.9 Å². The summed E-state index contributed by atoms with van der Waals surface area (Å²) in [5.74, 6) is 0.138. The van der Waals surface area contributed by atoms with Crippen LogP contribution in [-0.2, 0) is 27.8 Å². The van der Waals surface area contributed by atoms with Crippen LogP contribution in [0.5, 0.6) is 0 Å². The van der Waals surface area contributed by atoms with Crippen LogP contribution in [0.1, 0.15) is 41.0 Å². The molecule has 0 bridgehead atoms. The molecular formula is C19H23N3O3S2. The Balaban J connectivity index is 1.52. The van der Waals surface area contributed by atoms with Crippen LogP contribution < -0.4 is 5.32 Å². The molecule has 2 aromatic rings. The van der Waals surface area contributed by atoms with Crippen molar-refractivity contribution in [2.45, 2.75) is 51.0 Å². The van der Waals surface area contributed by atoms with E-state index < -0.39 is 10.0 Å². The molecule has 2 heterocycles. The van der Waals surface area contributed by atoms with Crippen LogP contribution in [-0.4, -0.2) is 30.2 Å². The van der Waals surface area contributed by atoms with Gasteiger partial charge in [-0.3, -0.25) is 4.79 Å². The first-order valence-corrected chi connectivity index (χ1v) is 11.5. The second-order valence-electron chi connectivity index (χ2n) is 7.34. The van der Waals surface area contributed by atoms with E-state index in [-0.39, 0.29) is 11.8 Å². The van der Waals surface area contributed by atoms with Gasteiger partial charge >= 0.3 is 0 Å². The number of carbonyl (C=O) groups is 1. The SMILES string of the molecule is Cc1ccc(S(=O)(=O)N2CCc3nc(NC(=O)C4CCC4)sc3C2)cc1C. The van der Waals surface area contributed by atoms with E-state index in [4.69, 9.17) is 0 Å². The summed E-state index contributed by atoms with van der Waals surface area (Å²) in [6.45, 7) is 4.60. The highest BCUT2D eigenvalue weighted by molar-refractivity contribution is 7.89. The normalized spacial score (nSPS) is 18.0. The number of aromatic nitrogens is 1. The van der Waals surface area contributed by atoms with Crippen molar-refractivity contribution in [1.29, 1.82) is 0 Å². The van der Waals surface area contributed by atoms with Gasteiger partial charge in [0.05, 0.1) is 17.1 Å². The number of hydrogen-bond donors (Lipinski definition) is 1. The van der Waals surface area contributed by atoms with Crippen molar-refractivity contribution >= 4 is 32.4 Å². The molecular weight excluding hydrogens is 382 g/mol. The number of aryl methyl sites for hydroxylation is 2. The molecule has 8 heteroatoms. The Morgan fingerprint density at radius 1 is 1.26 bits per heavy atom. The van der Waals surface area contributed by atoms with Crippen molar-refractivity contribution in [3.63, 3.8) is 0 Å². The maximum Gasteiger partial charge on any atom is 0.243 e. The molecule has 1 saturated carbocycles. The molecule has 4 rings (SSSR count). The largest absolute Gasteiger partial charge is 0.302 e. The van der Waals surface area contributed by atoms with E-state index in [9.17, 15) is 13.2 Å². The first kappa shape index (κ1) is 18.6. The van der Waals surface area contributed by atoms with Crippen molar-refractivity contribution in [2.24, 2.45) is 5.92 Å². The summed E-state index contributed by atoms with van der Waals surface area (Å²) in [5.41, 5.74) is 2.94. The summed E-state index contributed by atoms with van der Waals surface area (Å²) < 4.78 is 27.6. The summed E-state index contributed by atoms with van der Waals surface area (Å²) in [7, 11) is -3.54. The van der Waals surface area contributed by atoms with Gasteiger partial charge in [-0.1, -0.05) is 12.5 Å². The molecule has 6 nitrogen and oxygen atoms in total. The van der Waals surface area contributed by atoms with Gasteiger partial charge in [-0.2, -0.15) is 4.31 Å². The summed E-state index contributed by atoms with van der Waals surface area (Å²) in [4.78, 5) is 17.9. The molecule has 1 aromatic carbocycles. The Kier molecular flexibility index (Phi) is 4.82. The molecule has 1 aliphatic heterocycles. The van der Waals surface area contributed by atoms with Gasteiger partial charge in [0.2, 0.25) is 15.9 Å². The van der Waals surface area contributed by atoms with Crippen LogP contribution in [0.25, 0.3) is 0 Å². The van der Waals surface area contributed by atoms with E-state index in [2.05, 4.69) is 10.3 Å². The number of rotatable bonds is 4. The number of nitrogens with one attached hydrogen (secondary N) is 1. The Hall–Kier alpha value is -1.77. The Labute approximate surface area is 163 Å².